The lowest BCUT2D eigenvalue weighted by Crippen LogP contribution is -2.48. The largest absolute Gasteiger partial charge is 0.339 e. The van der Waals surface area contributed by atoms with Crippen molar-refractivity contribution in [2.75, 3.05) is 31.5 Å². The first-order valence-electron chi connectivity index (χ1n) is 10.8. The van der Waals surface area contributed by atoms with Gasteiger partial charge in [-0.25, -0.2) is 0 Å². The average Bonchev–Trinajstić information content (AvgIpc) is 2.89. The Balaban J connectivity index is 0.00000272. The highest BCUT2D eigenvalue weighted by Crippen LogP contribution is 2.39. The summed E-state index contributed by atoms with van der Waals surface area (Å²) in [5.74, 6) is -0.183. The van der Waals surface area contributed by atoms with E-state index in [1.54, 1.807) is 18.2 Å². The summed E-state index contributed by atoms with van der Waals surface area (Å²) in [5.41, 5.74) is 1.78. The highest BCUT2D eigenvalue weighted by molar-refractivity contribution is 8.03. The van der Waals surface area contributed by atoms with Crippen molar-refractivity contribution in [3.63, 3.8) is 0 Å². The number of carbonyl (C=O) groups excluding carboxylic acids is 2. The number of piperidine rings is 2. The average molecular weight is 426 g/mol. The Morgan fingerprint density at radius 1 is 1.17 bits per heavy atom. The molecule has 3 heterocycles. The number of carbonyl (C=O) groups is 2. The van der Waals surface area contributed by atoms with Crippen LogP contribution in [0.4, 0.5) is 5.69 Å². The Morgan fingerprint density at radius 2 is 1.90 bits per heavy atom. The zero-order valence-corrected chi connectivity index (χ0v) is 18.2. The smallest absolute Gasteiger partial charge is 0.256 e. The Hall–Kier alpha value is -2.31. The predicted molar refractivity (Wildman–Crippen MR) is 125 cm³/mol. The number of benzene rings is 1. The quantitative estimate of drug-likeness (QED) is 0.714. The first kappa shape index (κ1) is 20.9. The van der Waals surface area contributed by atoms with Gasteiger partial charge in [0.15, 0.2) is 0 Å². The zero-order chi connectivity index (χ0) is 21.1. The molecule has 1 aromatic carbocycles. The number of hydrogen-bond donors (Lipinski definition) is 1. The van der Waals surface area contributed by atoms with Crippen LogP contribution in [-0.4, -0.2) is 53.8 Å². The summed E-state index contributed by atoms with van der Waals surface area (Å²) in [5, 5.41) is 2.92. The van der Waals surface area contributed by atoms with Gasteiger partial charge in [0.05, 0.1) is 11.3 Å². The number of fused-ring (bicyclic) bond motifs is 1. The Kier molecular flexibility index (Phi) is 6.44. The van der Waals surface area contributed by atoms with Gasteiger partial charge in [-0.15, -0.1) is 0 Å². The number of nitrogens with one attached hydrogen (secondary N) is 1. The fourth-order valence-electron chi connectivity index (χ4n) is 4.54. The summed E-state index contributed by atoms with van der Waals surface area (Å²) < 4.78 is 0. The van der Waals surface area contributed by atoms with Crippen molar-refractivity contribution in [2.24, 2.45) is 0 Å². The minimum atomic E-state index is -0.224. The highest BCUT2D eigenvalue weighted by Gasteiger charge is 2.29. The molecule has 0 spiro atoms. The van der Waals surface area contributed by atoms with E-state index in [-0.39, 0.29) is 13.2 Å². The van der Waals surface area contributed by atoms with Crippen molar-refractivity contribution < 1.29 is 11.0 Å². The molecule has 6 heteroatoms. The van der Waals surface area contributed by atoms with Gasteiger partial charge in [-0.2, -0.15) is 0 Å². The number of hydrogen-bond acceptors (Lipinski definition) is 4. The van der Waals surface area contributed by atoms with Gasteiger partial charge in [-0.1, -0.05) is 37.4 Å². The molecule has 2 fully saturated rings. The van der Waals surface area contributed by atoms with Crippen LogP contribution in [0.3, 0.4) is 0 Å². The number of thioether (sulfide) groups is 1. The van der Waals surface area contributed by atoms with Crippen molar-refractivity contribution in [1.82, 2.24) is 9.80 Å². The zero-order valence-electron chi connectivity index (χ0n) is 17.4. The predicted octanol–water partition coefficient (Wildman–Crippen LogP) is 4.69. The minimum Gasteiger partial charge on any atom is -0.339 e. The van der Waals surface area contributed by atoms with Crippen molar-refractivity contribution in [1.29, 1.82) is 0 Å². The van der Waals surface area contributed by atoms with E-state index in [0.29, 0.717) is 27.8 Å². The molecule has 2 amide bonds. The van der Waals surface area contributed by atoms with Crippen LogP contribution in [0.5, 0.6) is 0 Å². The van der Waals surface area contributed by atoms with Gasteiger partial charge in [0.25, 0.3) is 11.8 Å². The van der Waals surface area contributed by atoms with Gasteiger partial charge in [0.2, 0.25) is 0 Å². The van der Waals surface area contributed by atoms with Crippen LogP contribution < -0.4 is 5.32 Å². The van der Waals surface area contributed by atoms with Gasteiger partial charge in [0.1, 0.15) is 0 Å². The molecule has 1 aromatic rings. The van der Waals surface area contributed by atoms with Crippen LogP contribution in [0.25, 0.3) is 0 Å². The molecule has 3 aliphatic rings. The highest BCUT2D eigenvalue weighted by atomic mass is 32.2. The monoisotopic (exact) mass is 425 g/mol. The summed E-state index contributed by atoms with van der Waals surface area (Å²) in [6, 6.07) is 6.16. The lowest BCUT2D eigenvalue weighted by atomic mass is 9.99. The normalized spacial score (nSPS) is 22.4. The topological polar surface area (TPSA) is 52.7 Å². The maximum absolute atomic E-state index is 13.1. The Bertz CT molecular complexity index is 900. The molecule has 0 atom stereocenters. The van der Waals surface area contributed by atoms with E-state index >= 15 is 0 Å². The molecule has 1 N–H and O–H groups in total. The molecule has 160 valence electrons. The van der Waals surface area contributed by atoms with Crippen LogP contribution in [0.1, 0.15) is 43.9 Å². The number of allylic oxidation sites excluding steroid dienone is 2. The summed E-state index contributed by atoms with van der Waals surface area (Å²) in [7, 11) is 0. The maximum atomic E-state index is 13.1. The summed E-state index contributed by atoms with van der Waals surface area (Å²) in [6.45, 7) is 11.7. The Labute approximate surface area is 184 Å². The number of rotatable bonds is 3. The number of anilines is 1. The lowest BCUT2D eigenvalue weighted by Gasteiger charge is -2.40. The van der Waals surface area contributed by atoms with Crippen molar-refractivity contribution in [3.05, 3.63) is 59.6 Å². The van der Waals surface area contributed by atoms with E-state index in [4.69, 9.17) is 0 Å². The van der Waals surface area contributed by atoms with Crippen molar-refractivity contribution >= 4 is 29.3 Å². The van der Waals surface area contributed by atoms with Crippen molar-refractivity contribution in [2.45, 2.75) is 43.0 Å². The van der Waals surface area contributed by atoms with Crippen LogP contribution in [-0.2, 0) is 4.79 Å². The summed E-state index contributed by atoms with van der Waals surface area (Å²) >= 11 is 1.43. The number of nitrogens with zero attached hydrogens (tertiary/aromatic N) is 2. The van der Waals surface area contributed by atoms with Crippen LogP contribution in [0.2, 0.25) is 0 Å². The lowest BCUT2D eigenvalue weighted by molar-refractivity contribution is -0.112. The van der Waals surface area contributed by atoms with Crippen molar-refractivity contribution in [3.8, 4) is 0 Å². The van der Waals surface area contributed by atoms with E-state index in [2.05, 4.69) is 23.4 Å². The fraction of sp³-hybridized carbons (Fsp3) is 0.417. The first-order valence-corrected chi connectivity index (χ1v) is 11.6. The molecule has 3 aliphatic heterocycles. The number of likely N-dealkylation sites (tertiary alicyclic amines) is 2. The Morgan fingerprint density at radius 3 is 2.60 bits per heavy atom. The van der Waals surface area contributed by atoms with Gasteiger partial charge >= 0.3 is 0 Å². The van der Waals surface area contributed by atoms with Crippen LogP contribution in [0, 0.1) is 0 Å². The minimum absolute atomic E-state index is 0. The van der Waals surface area contributed by atoms with Gasteiger partial charge < -0.3 is 15.1 Å². The van der Waals surface area contributed by atoms with E-state index in [9.17, 15) is 9.59 Å². The molecule has 2 saturated heterocycles. The van der Waals surface area contributed by atoms with E-state index in [0.717, 1.165) is 30.8 Å². The molecule has 0 unspecified atom stereocenters. The van der Waals surface area contributed by atoms with E-state index in [1.807, 2.05) is 17.0 Å². The second kappa shape index (κ2) is 9.23. The molecule has 5 nitrogen and oxygen atoms in total. The van der Waals surface area contributed by atoms with Crippen LogP contribution in [0.15, 0.2) is 58.9 Å². The SMILES string of the molecule is C=C/C=C1\C(=C)Sc2ccc(C(=O)N3CCC(N4CCCCC4)CC3)cc2NC1=O.[HH]. The molecule has 0 saturated carbocycles. The first-order chi connectivity index (χ1) is 14.6. The maximum Gasteiger partial charge on any atom is 0.256 e. The third-order valence-corrected chi connectivity index (χ3v) is 7.24. The molecule has 0 bridgehead atoms. The van der Waals surface area contributed by atoms with Gasteiger partial charge in [-0.05, 0) is 63.0 Å². The molecular formula is C24H31N3O2S. The molecular weight excluding hydrogens is 394 g/mol. The van der Waals surface area contributed by atoms with E-state index in [1.165, 1.54) is 44.1 Å². The molecule has 4 rings (SSSR count). The molecule has 0 aromatic heterocycles. The van der Waals surface area contributed by atoms with Crippen LogP contribution >= 0.6 is 11.8 Å². The molecule has 0 radical (unpaired) electrons. The molecule has 0 aliphatic carbocycles. The molecule has 30 heavy (non-hydrogen) atoms. The van der Waals surface area contributed by atoms with Gasteiger partial charge in [0, 0.05) is 35.9 Å². The third kappa shape index (κ3) is 4.40. The second-order valence-electron chi connectivity index (χ2n) is 8.13. The third-order valence-electron chi connectivity index (χ3n) is 6.20. The summed E-state index contributed by atoms with van der Waals surface area (Å²) in [6.07, 6.45) is 9.27. The number of amides is 2. The summed E-state index contributed by atoms with van der Waals surface area (Å²) in [4.78, 5) is 31.8. The van der Waals surface area contributed by atoms with Gasteiger partial charge in [-0.3, -0.25) is 9.59 Å². The second-order valence-corrected chi connectivity index (χ2v) is 9.26. The van der Waals surface area contributed by atoms with E-state index < -0.39 is 0 Å². The fourth-order valence-corrected chi connectivity index (χ4v) is 5.43. The standard InChI is InChI=1S/C24H29N3O2S.H2/c1-3-7-20-17(2)30-22-9-8-18(16-21(22)25-23(20)28)24(29)27-14-10-19(11-15-27)26-12-5-4-6-13-26;/h3,7-9,16,19H,1-2,4-6,10-15H2,(H,25,28);1H/b20-7+;.